The third-order valence-corrected chi connectivity index (χ3v) is 10.3. The van der Waals surface area contributed by atoms with E-state index in [4.69, 9.17) is 37.9 Å². The number of nitrogens with one attached hydrogen (secondary N) is 4. The van der Waals surface area contributed by atoms with Crippen molar-refractivity contribution < 1.29 is 57.1 Å². The van der Waals surface area contributed by atoms with Crippen LogP contribution in [0.4, 0.5) is 9.59 Å². The van der Waals surface area contributed by atoms with Crippen molar-refractivity contribution in [3.05, 3.63) is 90.1 Å². The van der Waals surface area contributed by atoms with Gasteiger partial charge in [0.2, 0.25) is 5.91 Å². The number of pyridine rings is 1. The van der Waals surface area contributed by atoms with Crippen LogP contribution in [0.3, 0.4) is 0 Å². The van der Waals surface area contributed by atoms with Gasteiger partial charge < -0.3 is 53.8 Å². The van der Waals surface area contributed by atoms with Crippen LogP contribution >= 0.6 is 0 Å². The normalized spacial score (nSPS) is 13.0. The number of alkyl carbamates (subject to hydrolysis) is 2. The number of nitrogens with zero attached hydrogens (tertiary/aromatic N) is 2. The zero-order valence-corrected chi connectivity index (χ0v) is 41.3. The number of rotatable bonds is 32. The molecule has 0 aliphatic carbocycles. The van der Waals surface area contributed by atoms with Gasteiger partial charge >= 0.3 is 12.2 Å². The average Bonchev–Trinajstić information content (AvgIpc) is 3.31. The highest BCUT2D eigenvalue weighted by atomic mass is 16.6. The van der Waals surface area contributed by atoms with Crippen molar-refractivity contribution in [2.45, 2.75) is 79.1 Å². The first-order valence-electron chi connectivity index (χ1n) is 23.2. The molecule has 18 heteroatoms. The third kappa shape index (κ3) is 23.7. The fourth-order valence-corrected chi connectivity index (χ4v) is 6.65. The molecule has 0 aliphatic heterocycles. The number of methoxy groups -OCH3 is 2. The van der Waals surface area contributed by atoms with Gasteiger partial charge in [0.1, 0.15) is 18.7 Å². The molecular formula is C50H76N6O12. The van der Waals surface area contributed by atoms with Crippen molar-refractivity contribution in [2.24, 2.45) is 10.8 Å². The lowest BCUT2D eigenvalue weighted by molar-refractivity contribution is -0.131. The van der Waals surface area contributed by atoms with E-state index in [0.717, 1.165) is 22.4 Å². The minimum absolute atomic E-state index is 0.0277. The van der Waals surface area contributed by atoms with Crippen LogP contribution in [0.15, 0.2) is 79.0 Å². The molecule has 1 heterocycles. The lowest BCUT2D eigenvalue weighted by Crippen LogP contribution is -2.58. The molecule has 0 radical (unpaired) electrons. The van der Waals surface area contributed by atoms with Crippen molar-refractivity contribution in [2.75, 3.05) is 100 Å². The second-order valence-electron chi connectivity index (χ2n) is 18.1. The Labute approximate surface area is 402 Å². The summed E-state index contributed by atoms with van der Waals surface area (Å²) in [7, 11) is 2.87. The lowest BCUT2D eigenvalue weighted by Gasteiger charge is -2.34. The maximum Gasteiger partial charge on any atom is 0.407 e. The molecule has 18 nitrogen and oxygen atoms in total. The molecule has 3 aromatic rings. The van der Waals surface area contributed by atoms with Crippen molar-refractivity contribution in [1.82, 2.24) is 31.4 Å². The summed E-state index contributed by atoms with van der Waals surface area (Å²) in [5.74, 6) is -0.818. The number of hydrogen-bond acceptors (Lipinski definition) is 14. The van der Waals surface area contributed by atoms with E-state index in [0.29, 0.717) is 92.0 Å². The fraction of sp³-hybridized carbons (Fsp3) is 0.580. The van der Waals surface area contributed by atoms with Crippen LogP contribution in [0.2, 0.25) is 0 Å². The van der Waals surface area contributed by atoms with Crippen molar-refractivity contribution in [1.29, 1.82) is 0 Å². The molecule has 4 N–H and O–H groups in total. The van der Waals surface area contributed by atoms with E-state index < -0.39 is 47.0 Å². The molecular weight excluding hydrogens is 877 g/mol. The van der Waals surface area contributed by atoms with Gasteiger partial charge in [0.05, 0.1) is 85.5 Å². The zero-order valence-electron chi connectivity index (χ0n) is 41.3. The second kappa shape index (κ2) is 31.8. The Hall–Kier alpha value is -5.21. The molecule has 4 amide bonds. The van der Waals surface area contributed by atoms with Gasteiger partial charge in [-0.2, -0.15) is 0 Å². The van der Waals surface area contributed by atoms with Crippen LogP contribution in [-0.4, -0.2) is 152 Å². The largest absolute Gasteiger partial charge is 0.453 e. The van der Waals surface area contributed by atoms with Gasteiger partial charge in [-0.3, -0.25) is 20.0 Å². The maximum atomic E-state index is 14.2. The minimum Gasteiger partial charge on any atom is -0.453 e. The Morgan fingerprint density at radius 2 is 1.09 bits per heavy atom. The molecule has 68 heavy (non-hydrogen) atoms. The van der Waals surface area contributed by atoms with E-state index >= 15 is 0 Å². The third-order valence-electron chi connectivity index (χ3n) is 10.3. The number of carbonyl (C=O) groups excluding carboxylic acids is 4. The van der Waals surface area contributed by atoms with Crippen LogP contribution in [0.1, 0.15) is 59.1 Å². The van der Waals surface area contributed by atoms with E-state index in [1.54, 1.807) is 18.3 Å². The first-order chi connectivity index (χ1) is 32.6. The molecule has 0 unspecified atom stereocenters. The highest BCUT2D eigenvalue weighted by Gasteiger charge is 2.36. The summed E-state index contributed by atoms with van der Waals surface area (Å²) in [6, 6.07) is 21.1. The summed E-state index contributed by atoms with van der Waals surface area (Å²) in [4.78, 5) is 58.0. The van der Waals surface area contributed by atoms with Crippen molar-refractivity contribution >= 4 is 24.0 Å². The van der Waals surface area contributed by atoms with Gasteiger partial charge in [0, 0.05) is 38.0 Å². The van der Waals surface area contributed by atoms with Crippen LogP contribution < -0.4 is 21.4 Å². The Morgan fingerprint density at radius 1 is 0.574 bits per heavy atom. The Morgan fingerprint density at radius 3 is 1.60 bits per heavy atom. The number of carbonyl (C=O) groups is 4. The highest BCUT2D eigenvalue weighted by Crippen LogP contribution is 2.23. The summed E-state index contributed by atoms with van der Waals surface area (Å²) in [5.41, 5.74) is 5.37. The summed E-state index contributed by atoms with van der Waals surface area (Å²) in [6.45, 7) is 16.3. The number of ether oxygens (including phenoxy) is 8. The van der Waals surface area contributed by atoms with E-state index in [1.165, 1.54) is 7.11 Å². The number of amides is 4. The zero-order chi connectivity index (χ0) is 49.6. The molecule has 3 atom stereocenters. The first-order valence-corrected chi connectivity index (χ1v) is 23.2. The standard InChI is InChI=1S/C50H76N6O12/c1-49(2,3)43(54-48(60)68-35-34-67-33-32-66-31-30-65-29-28-64-27-26-63-25-24-61-7)45(57)52-41(36-38-14-10-9-11-15-38)21-23-56(55-46(58)44(50(4,5)6)53-47(59)62-8)37-39-17-19-40(20-18-39)42-16-12-13-22-51-42/h9-20,22,41,43-44H,21,23-37H2,1-8H3,(H,52,57)(H,53,59)(H,54,60)(H,55,58)/t41-,43+,44+/m1/s1. The Kier molecular flexibility index (Phi) is 26.7. The summed E-state index contributed by atoms with van der Waals surface area (Å²) in [5, 5.41) is 10.4. The number of hydrazine groups is 1. The predicted octanol–water partition coefficient (Wildman–Crippen LogP) is 5.34. The molecule has 3 rings (SSSR count). The quantitative estimate of drug-likeness (QED) is 0.0461. The highest BCUT2D eigenvalue weighted by molar-refractivity contribution is 5.87. The maximum absolute atomic E-state index is 14.2. The van der Waals surface area contributed by atoms with E-state index in [9.17, 15) is 19.2 Å². The topological polar surface area (TPSA) is 206 Å². The molecule has 0 fully saturated rings. The van der Waals surface area contributed by atoms with Gasteiger partial charge in [0.15, 0.2) is 0 Å². The molecule has 0 saturated carbocycles. The number of hydrogen-bond donors (Lipinski definition) is 4. The van der Waals surface area contributed by atoms with Crippen molar-refractivity contribution in [3.8, 4) is 11.3 Å². The summed E-state index contributed by atoms with van der Waals surface area (Å²) >= 11 is 0. The monoisotopic (exact) mass is 953 g/mol. The number of aromatic nitrogens is 1. The minimum atomic E-state index is -0.957. The molecule has 378 valence electrons. The average molecular weight is 953 g/mol. The van der Waals surface area contributed by atoms with Gasteiger partial charge in [-0.1, -0.05) is 102 Å². The van der Waals surface area contributed by atoms with Crippen molar-refractivity contribution in [3.63, 3.8) is 0 Å². The molecule has 0 spiro atoms. The lowest BCUT2D eigenvalue weighted by atomic mass is 9.86. The molecule has 0 saturated heterocycles. The molecule has 0 aliphatic rings. The van der Waals surface area contributed by atoms with E-state index in [1.807, 2.05) is 114 Å². The summed E-state index contributed by atoms with van der Waals surface area (Å²) in [6.07, 6.45) is 1.13. The van der Waals surface area contributed by atoms with E-state index in [2.05, 4.69) is 26.4 Å². The van der Waals surface area contributed by atoms with Crippen LogP contribution in [0.5, 0.6) is 0 Å². The first kappa shape index (κ1) is 57.1. The Balaban J connectivity index is 1.59. The van der Waals surface area contributed by atoms with E-state index in [-0.39, 0.29) is 19.1 Å². The van der Waals surface area contributed by atoms with Crippen LogP contribution in [0.25, 0.3) is 11.3 Å². The Bertz CT molecular complexity index is 1860. The smallest absolute Gasteiger partial charge is 0.407 e. The van der Waals surface area contributed by atoms with Gasteiger partial charge in [-0.05, 0) is 46.9 Å². The van der Waals surface area contributed by atoms with Crippen LogP contribution in [-0.2, 0) is 60.4 Å². The van der Waals surface area contributed by atoms with Crippen LogP contribution in [0, 0.1) is 10.8 Å². The number of benzene rings is 2. The summed E-state index contributed by atoms with van der Waals surface area (Å²) < 4.78 is 42.5. The fourth-order valence-electron chi connectivity index (χ4n) is 6.65. The van der Waals surface area contributed by atoms with Gasteiger partial charge in [-0.15, -0.1) is 0 Å². The molecule has 0 bridgehead atoms. The van der Waals surface area contributed by atoms with Gasteiger partial charge in [0.25, 0.3) is 5.91 Å². The SMILES string of the molecule is COCCOCCOCCOCCOCCOCCOC(=O)N[C@@H](C(=O)N[C@H](CCN(Cc1ccc(-c2ccccn2)cc1)NC(=O)[C@H](NC(=O)OC)C(C)(C)C)Cc1ccccc1)C(C)(C)C. The molecule has 2 aromatic carbocycles. The predicted molar refractivity (Wildman–Crippen MR) is 257 cm³/mol. The van der Waals surface area contributed by atoms with Gasteiger partial charge in [-0.25, -0.2) is 14.6 Å². The second-order valence-corrected chi connectivity index (χ2v) is 18.1. The molecule has 1 aromatic heterocycles.